The number of nitrogens with one attached hydrogen (secondary N) is 1. The average molecular weight is 256 g/mol. The quantitative estimate of drug-likeness (QED) is 0.862. The van der Waals surface area contributed by atoms with Gasteiger partial charge >= 0.3 is 0 Å². The summed E-state index contributed by atoms with van der Waals surface area (Å²) in [6.45, 7) is 2.74. The summed E-state index contributed by atoms with van der Waals surface area (Å²) in [4.78, 5) is 4.24. The molecule has 1 aromatic carbocycles. The Morgan fingerprint density at radius 1 is 1.21 bits per heavy atom. The maximum absolute atomic E-state index is 5.73. The van der Waals surface area contributed by atoms with Crippen molar-refractivity contribution in [2.24, 2.45) is 0 Å². The first kappa shape index (κ1) is 13.6. The molecule has 1 N–H and O–H groups in total. The molecule has 0 fully saturated rings. The first-order valence-corrected chi connectivity index (χ1v) is 6.56. The SMILES string of the molecule is CNC(CCOc1ccccc1)c1cncc(C)c1. The first-order valence-electron chi connectivity index (χ1n) is 6.56. The van der Waals surface area contributed by atoms with Gasteiger partial charge in [0.1, 0.15) is 5.75 Å². The number of nitrogens with zero attached hydrogens (tertiary/aromatic N) is 1. The van der Waals surface area contributed by atoms with E-state index in [0.717, 1.165) is 12.2 Å². The Morgan fingerprint density at radius 3 is 2.68 bits per heavy atom. The van der Waals surface area contributed by atoms with Gasteiger partial charge in [0.15, 0.2) is 0 Å². The lowest BCUT2D eigenvalue weighted by atomic mass is 10.1. The number of rotatable bonds is 6. The Morgan fingerprint density at radius 2 is 2.00 bits per heavy atom. The Bertz CT molecular complexity index is 499. The van der Waals surface area contributed by atoms with Gasteiger partial charge in [-0.2, -0.15) is 0 Å². The summed E-state index contributed by atoms with van der Waals surface area (Å²) in [5, 5.41) is 3.31. The molecule has 1 atom stereocenters. The summed E-state index contributed by atoms with van der Waals surface area (Å²) in [6.07, 6.45) is 4.70. The number of ether oxygens (including phenoxy) is 1. The number of hydrogen-bond donors (Lipinski definition) is 1. The molecule has 3 heteroatoms. The molecule has 0 amide bonds. The van der Waals surface area contributed by atoms with Gasteiger partial charge in [-0.25, -0.2) is 0 Å². The summed E-state index contributed by atoms with van der Waals surface area (Å²) in [5.74, 6) is 0.916. The van der Waals surface area contributed by atoms with Crippen molar-refractivity contribution in [3.8, 4) is 5.75 Å². The van der Waals surface area contributed by atoms with Crippen molar-refractivity contribution in [3.05, 3.63) is 59.9 Å². The molecule has 2 rings (SSSR count). The Kier molecular flexibility index (Phi) is 4.93. The van der Waals surface area contributed by atoms with Crippen LogP contribution in [-0.2, 0) is 0 Å². The standard InChI is InChI=1S/C16H20N2O/c1-13-10-14(12-18-11-13)16(17-2)8-9-19-15-6-4-3-5-7-15/h3-7,10-12,16-17H,8-9H2,1-2H3. The molecule has 0 saturated carbocycles. The van der Waals surface area contributed by atoms with Crippen LogP contribution in [0.15, 0.2) is 48.8 Å². The largest absolute Gasteiger partial charge is 0.494 e. The number of pyridine rings is 1. The van der Waals surface area contributed by atoms with Gasteiger partial charge in [0.05, 0.1) is 6.61 Å². The van der Waals surface area contributed by atoms with E-state index in [1.165, 1.54) is 11.1 Å². The van der Waals surface area contributed by atoms with E-state index in [0.29, 0.717) is 6.61 Å². The van der Waals surface area contributed by atoms with Crippen LogP contribution in [0.2, 0.25) is 0 Å². The molecule has 1 unspecified atom stereocenters. The van der Waals surface area contributed by atoms with Gasteiger partial charge in [0.25, 0.3) is 0 Å². The van der Waals surface area contributed by atoms with Crippen LogP contribution < -0.4 is 10.1 Å². The van der Waals surface area contributed by atoms with Crippen LogP contribution in [0.5, 0.6) is 5.75 Å². The van der Waals surface area contributed by atoms with Crippen LogP contribution in [0.1, 0.15) is 23.6 Å². The van der Waals surface area contributed by atoms with Crippen LogP contribution in [0, 0.1) is 6.92 Å². The highest BCUT2D eigenvalue weighted by atomic mass is 16.5. The normalized spacial score (nSPS) is 12.1. The van der Waals surface area contributed by atoms with E-state index in [9.17, 15) is 0 Å². The zero-order valence-electron chi connectivity index (χ0n) is 11.5. The van der Waals surface area contributed by atoms with Crippen LogP contribution in [-0.4, -0.2) is 18.6 Å². The maximum Gasteiger partial charge on any atom is 0.119 e. The molecule has 0 aliphatic heterocycles. The van der Waals surface area contributed by atoms with Crippen LogP contribution in [0.25, 0.3) is 0 Å². The van der Waals surface area contributed by atoms with Crippen LogP contribution >= 0.6 is 0 Å². The number of aromatic nitrogens is 1. The minimum Gasteiger partial charge on any atom is -0.494 e. The predicted octanol–water partition coefficient (Wildman–Crippen LogP) is 3.12. The molecule has 0 radical (unpaired) electrons. The van der Waals surface area contributed by atoms with Gasteiger partial charge in [-0.15, -0.1) is 0 Å². The van der Waals surface area contributed by atoms with Gasteiger partial charge in [0.2, 0.25) is 0 Å². The van der Waals surface area contributed by atoms with Gasteiger partial charge in [-0.1, -0.05) is 24.3 Å². The van der Waals surface area contributed by atoms with E-state index in [4.69, 9.17) is 4.74 Å². The first-order chi connectivity index (χ1) is 9.29. The van der Waals surface area contributed by atoms with E-state index < -0.39 is 0 Å². The second kappa shape index (κ2) is 6.90. The monoisotopic (exact) mass is 256 g/mol. The molecular weight excluding hydrogens is 236 g/mol. The third-order valence-electron chi connectivity index (χ3n) is 3.07. The van der Waals surface area contributed by atoms with Crippen LogP contribution in [0.4, 0.5) is 0 Å². The predicted molar refractivity (Wildman–Crippen MR) is 77.3 cm³/mol. The molecule has 19 heavy (non-hydrogen) atoms. The van der Waals surface area contributed by atoms with E-state index in [1.807, 2.05) is 49.8 Å². The highest BCUT2D eigenvalue weighted by Gasteiger charge is 2.09. The molecule has 3 nitrogen and oxygen atoms in total. The lowest BCUT2D eigenvalue weighted by Crippen LogP contribution is -2.19. The van der Waals surface area contributed by atoms with Crippen molar-refractivity contribution >= 4 is 0 Å². The Balaban J connectivity index is 1.89. The van der Waals surface area contributed by atoms with Gasteiger partial charge < -0.3 is 10.1 Å². The molecule has 100 valence electrons. The molecule has 0 spiro atoms. The van der Waals surface area contributed by atoms with Crippen molar-refractivity contribution in [2.75, 3.05) is 13.7 Å². The summed E-state index contributed by atoms with van der Waals surface area (Å²) in [6, 6.07) is 12.3. The average Bonchev–Trinajstić information content (AvgIpc) is 2.45. The smallest absolute Gasteiger partial charge is 0.119 e. The Hall–Kier alpha value is -1.87. The van der Waals surface area contributed by atoms with Gasteiger partial charge in [-0.05, 0) is 37.2 Å². The lowest BCUT2D eigenvalue weighted by Gasteiger charge is -2.17. The second-order valence-electron chi connectivity index (χ2n) is 4.59. The number of para-hydroxylation sites is 1. The maximum atomic E-state index is 5.73. The fraction of sp³-hybridized carbons (Fsp3) is 0.312. The van der Waals surface area contributed by atoms with Crippen molar-refractivity contribution in [1.82, 2.24) is 10.3 Å². The fourth-order valence-corrected chi connectivity index (χ4v) is 2.06. The Labute approximate surface area is 114 Å². The number of benzene rings is 1. The summed E-state index contributed by atoms with van der Waals surface area (Å²) in [7, 11) is 1.97. The summed E-state index contributed by atoms with van der Waals surface area (Å²) < 4.78 is 5.73. The highest BCUT2D eigenvalue weighted by molar-refractivity contribution is 5.22. The molecule has 0 aliphatic carbocycles. The molecule has 1 aromatic heterocycles. The van der Waals surface area contributed by atoms with E-state index in [1.54, 1.807) is 0 Å². The molecule has 0 aliphatic rings. The van der Waals surface area contributed by atoms with E-state index in [2.05, 4.69) is 23.3 Å². The zero-order valence-corrected chi connectivity index (χ0v) is 11.5. The molecule has 2 aromatic rings. The van der Waals surface area contributed by atoms with Gasteiger partial charge in [0, 0.05) is 24.9 Å². The second-order valence-corrected chi connectivity index (χ2v) is 4.59. The highest BCUT2D eigenvalue weighted by Crippen LogP contribution is 2.17. The third kappa shape index (κ3) is 4.07. The van der Waals surface area contributed by atoms with E-state index >= 15 is 0 Å². The lowest BCUT2D eigenvalue weighted by molar-refractivity contribution is 0.290. The van der Waals surface area contributed by atoms with Crippen molar-refractivity contribution < 1.29 is 4.74 Å². The summed E-state index contributed by atoms with van der Waals surface area (Å²) >= 11 is 0. The number of hydrogen-bond acceptors (Lipinski definition) is 3. The topological polar surface area (TPSA) is 34.1 Å². The third-order valence-corrected chi connectivity index (χ3v) is 3.07. The molecule has 1 heterocycles. The van der Waals surface area contributed by atoms with Crippen LogP contribution in [0.3, 0.4) is 0 Å². The van der Waals surface area contributed by atoms with Gasteiger partial charge in [-0.3, -0.25) is 4.98 Å². The molecule has 0 bridgehead atoms. The van der Waals surface area contributed by atoms with Crippen molar-refractivity contribution in [3.63, 3.8) is 0 Å². The fourth-order valence-electron chi connectivity index (χ4n) is 2.06. The summed E-state index contributed by atoms with van der Waals surface area (Å²) in [5.41, 5.74) is 2.39. The molecule has 0 saturated heterocycles. The minimum absolute atomic E-state index is 0.274. The zero-order chi connectivity index (χ0) is 13.5. The van der Waals surface area contributed by atoms with Crippen molar-refractivity contribution in [2.45, 2.75) is 19.4 Å². The van der Waals surface area contributed by atoms with Crippen molar-refractivity contribution in [1.29, 1.82) is 0 Å². The molecular formula is C16H20N2O. The van der Waals surface area contributed by atoms with E-state index in [-0.39, 0.29) is 6.04 Å². The number of aryl methyl sites for hydroxylation is 1. The minimum atomic E-state index is 0.274.